The van der Waals surface area contributed by atoms with Gasteiger partial charge in [-0.25, -0.2) is 0 Å². The second kappa shape index (κ2) is 4.11. The molecule has 0 bridgehead atoms. The van der Waals surface area contributed by atoms with Crippen molar-refractivity contribution in [3.8, 4) is 6.07 Å². The second-order valence-corrected chi connectivity index (χ2v) is 4.10. The Hall–Kier alpha value is -0.270. The first-order valence-electron chi connectivity index (χ1n) is 3.46. The van der Waals surface area contributed by atoms with E-state index >= 15 is 0 Å². The van der Waals surface area contributed by atoms with Gasteiger partial charge in [-0.05, 0) is 52.8 Å². The molecule has 0 radical (unpaired) electrons. The van der Waals surface area contributed by atoms with E-state index in [1.54, 1.807) is 0 Å². The quantitative estimate of drug-likeness (QED) is 0.728. The Labute approximate surface area is 90.5 Å². The van der Waals surface area contributed by atoms with E-state index in [1.165, 1.54) is 0 Å². The lowest BCUT2D eigenvalue weighted by atomic mass is 10.1. The molecule has 62 valence electrons. The predicted octanol–water partition coefficient (Wildman–Crippen LogP) is 3.32. The van der Waals surface area contributed by atoms with Crippen LogP contribution in [0.25, 0.3) is 0 Å². The minimum absolute atomic E-state index is 0.433. The van der Waals surface area contributed by atoms with E-state index in [-0.39, 0.29) is 0 Å². The van der Waals surface area contributed by atoms with Crippen LogP contribution < -0.4 is 0 Å². The Morgan fingerprint density at radius 1 is 1.58 bits per heavy atom. The van der Waals surface area contributed by atoms with E-state index in [1.807, 2.05) is 19.1 Å². The van der Waals surface area contributed by atoms with Crippen LogP contribution in [0.5, 0.6) is 0 Å². The highest BCUT2D eigenvalue weighted by Crippen LogP contribution is 2.22. The number of nitriles is 1. The highest BCUT2D eigenvalue weighted by atomic mass is 127. The standard InChI is InChI=1S/C9H7ClIN/c1-6-4-9(11)8(10)5-7(6)2-3-12/h4-5H,2H2,1H3. The molecule has 0 aliphatic rings. The van der Waals surface area contributed by atoms with Gasteiger partial charge in [0.15, 0.2) is 0 Å². The third-order valence-corrected chi connectivity index (χ3v) is 3.17. The van der Waals surface area contributed by atoms with Crippen molar-refractivity contribution < 1.29 is 0 Å². The number of nitrogens with zero attached hydrogens (tertiary/aromatic N) is 1. The van der Waals surface area contributed by atoms with E-state index in [2.05, 4.69) is 28.7 Å². The molecule has 3 heteroatoms. The van der Waals surface area contributed by atoms with Gasteiger partial charge >= 0.3 is 0 Å². The third-order valence-electron chi connectivity index (χ3n) is 1.65. The van der Waals surface area contributed by atoms with Crippen LogP contribution in [0.2, 0.25) is 5.02 Å². The lowest BCUT2D eigenvalue weighted by Gasteiger charge is -2.03. The largest absolute Gasteiger partial charge is 0.198 e. The van der Waals surface area contributed by atoms with Gasteiger partial charge in [0.25, 0.3) is 0 Å². The minimum atomic E-state index is 0.433. The van der Waals surface area contributed by atoms with Crippen molar-refractivity contribution in [1.82, 2.24) is 0 Å². The molecule has 1 nitrogen and oxygen atoms in total. The van der Waals surface area contributed by atoms with Gasteiger partial charge in [-0.15, -0.1) is 0 Å². The van der Waals surface area contributed by atoms with Crippen LogP contribution in [0.1, 0.15) is 11.1 Å². The molecular formula is C9H7ClIN. The lowest BCUT2D eigenvalue weighted by molar-refractivity contribution is 1.21. The number of hydrogen-bond acceptors (Lipinski definition) is 1. The summed E-state index contributed by atoms with van der Waals surface area (Å²) in [4.78, 5) is 0. The van der Waals surface area contributed by atoms with Crippen LogP contribution in [0.15, 0.2) is 12.1 Å². The van der Waals surface area contributed by atoms with E-state index in [9.17, 15) is 0 Å². The third kappa shape index (κ3) is 2.11. The number of aryl methyl sites for hydroxylation is 1. The molecule has 0 heterocycles. The Balaban J connectivity index is 3.16. The molecule has 0 unspecified atom stereocenters. The second-order valence-electron chi connectivity index (χ2n) is 2.53. The number of hydrogen-bond donors (Lipinski definition) is 0. The van der Waals surface area contributed by atoms with Crippen molar-refractivity contribution in [2.24, 2.45) is 0 Å². The Bertz CT molecular complexity index is 341. The van der Waals surface area contributed by atoms with Crippen LogP contribution in [0.4, 0.5) is 0 Å². The monoisotopic (exact) mass is 291 g/mol. The van der Waals surface area contributed by atoms with Gasteiger partial charge in [0.05, 0.1) is 17.5 Å². The maximum atomic E-state index is 8.51. The molecule has 0 N–H and O–H groups in total. The van der Waals surface area contributed by atoms with Gasteiger partial charge in [-0.3, -0.25) is 0 Å². The molecule has 0 amide bonds. The van der Waals surface area contributed by atoms with Gasteiger partial charge in [0.1, 0.15) is 0 Å². The number of benzene rings is 1. The molecule has 0 saturated heterocycles. The fourth-order valence-electron chi connectivity index (χ4n) is 0.963. The van der Waals surface area contributed by atoms with Gasteiger partial charge < -0.3 is 0 Å². The highest BCUT2D eigenvalue weighted by Gasteiger charge is 2.02. The van der Waals surface area contributed by atoms with Crippen LogP contribution >= 0.6 is 34.2 Å². The number of halogens is 2. The van der Waals surface area contributed by atoms with Crippen LogP contribution in [-0.2, 0) is 6.42 Å². The first kappa shape index (κ1) is 9.82. The highest BCUT2D eigenvalue weighted by molar-refractivity contribution is 14.1. The van der Waals surface area contributed by atoms with Gasteiger partial charge in [-0.2, -0.15) is 5.26 Å². The SMILES string of the molecule is Cc1cc(I)c(Cl)cc1CC#N. The zero-order chi connectivity index (χ0) is 9.14. The molecule has 0 aliphatic heterocycles. The summed E-state index contributed by atoms with van der Waals surface area (Å²) in [5.41, 5.74) is 2.15. The first-order chi connectivity index (χ1) is 5.65. The molecule has 1 aromatic carbocycles. The Morgan fingerprint density at radius 3 is 2.83 bits per heavy atom. The van der Waals surface area contributed by atoms with Crippen molar-refractivity contribution in [3.63, 3.8) is 0 Å². The van der Waals surface area contributed by atoms with Crippen molar-refractivity contribution in [3.05, 3.63) is 31.9 Å². The van der Waals surface area contributed by atoms with Gasteiger partial charge in [0, 0.05) is 3.57 Å². The van der Waals surface area contributed by atoms with E-state index in [4.69, 9.17) is 16.9 Å². The summed E-state index contributed by atoms with van der Waals surface area (Å²) in [5, 5.41) is 9.24. The molecule has 1 rings (SSSR count). The van der Waals surface area contributed by atoms with E-state index in [0.717, 1.165) is 19.7 Å². The maximum Gasteiger partial charge on any atom is 0.0669 e. The molecule has 0 spiro atoms. The zero-order valence-corrected chi connectivity index (χ0v) is 9.48. The fraction of sp³-hybridized carbons (Fsp3) is 0.222. The van der Waals surface area contributed by atoms with Crippen molar-refractivity contribution in [2.45, 2.75) is 13.3 Å². The average Bonchev–Trinajstić information content (AvgIpc) is 2.01. The van der Waals surface area contributed by atoms with Gasteiger partial charge in [-0.1, -0.05) is 11.6 Å². The summed E-state index contributed by atoms with van der Waals surface area (Å²) in [6.45, 7) is 1.99. The topological polar surface area (TPSA) is 23.8 Å². The smallest absolute Gasteiger partial charge is 0.0669 e. The summed E-state index contributed by atoms with van der Waals surface area (Å²) >= 11 is 8.08. The summed E-state index contributed by atoms with van der Waals surface area (Å²) in [6, 6.07) is 5.97. The summed E-state index contributed by atoms with van der Waals surface area (Å²) in [6.07, 6.45) is 0.433. The molecule has 0 aromatic heterocycles. The molecule has 0 atom stereocenters. The average molecular weight is 292 g/mol. The molecule has 0 aliphatic carbocycles. The summed E-state index contributed by atoms with van der Waals surface area (Å²) in [7, 11) is 0. The predicted molar refractivity (Wildman–Crippen MR) is 58.2 cm³/mol. The van der Waals surface area contributed by atoms with E-state index in [0.29, 0.717) is 6.42 Å². The normalized spacial score (nSPS) is 9.50. The van der Waals surface area contributed by atoms with Crippen LogP contribution in [0, 0.1) is 21.8 Å². The maximum absolute atomic E-state index is 8.51. The Morgan fingerprint density at radius 2 is 2.25 bits per heavy atom. The first-order valence-corrected chi connectivity index (χ1v) is 4.92. The molecule has 1 aromatic rings. The van der Waals surface area contributed by atoms with Gasteiger partial charge in [0.2, 0.25) is 0 Å². The van der Waals surface area contributed by atoms with Crippen LogP contribution in [-0.4, -0.2) is 0 Å². The van der Waals surface area contributed by atoms with Crippen molar-refractivity contribution >= 4 is 34.2 Å². The minimum Gasteiger partial charge on any atom is -0.198 e. The molecule has 0 fully saturated rings. The molecule has 0 saturated carbocycles. The van der Waals surface area contributed by atoms with Crippen molar-refractivity contribution in [2.75, 3.05) is 0 Å². The molecular weight excluding hydrogens is 284 g/mol. The van der Waals surface area contributed by atoms with Crippen LogP contribution in [0.3, 0.4) is 0 Å². The lowest BCUT2D eigenvalue weighted by Crippen LogP contribution is -1.89. The fourth-order valence-corrected chi connectivity index (χ4v) is 1.77. The molecule has 12 heavy (non-hydrogen) atoms. The zero-order valence-electron chi connectivity index (χ0n) is 6.56. The van der Waals surface area contributed by atoms with E-state index < -0.39 is 0 Å². The Kier molecular flexibility index (Phi) is 3.36. The number of rotatable bonds is 1. The van der Waals surface area contributed by atoms with Crippen molar-refractivity contribution in [1.29, 1.82) is 5.26 Å². The summed E-state index contributed by atoms with van der Waals surface area (Å²) in [5.74, 6) is 0. The summed E-state index contributed by atoms with van der Waals surface area (Å²) < 4.78 is 1.04.